The van der Waals surface area contributed by atoms with Gasteiger partial charge in [0.1, 0.15) is 5.75 Å². The summed E-state index contributed by atoms with van der Waals surface area (Å²) in [5.74, 6) is 1.15. The zero-order valence-electron chi connectivity index (χ0n) is 19.3. The molecule has 0 bridgehead atoms. The Morgan fingerprint density at radius 2 is 1.64 bits per heavy atom. The van der Waals surface area contributed by atoms with E-state index in [1.54, 1.807) is 0 Å². The summed E-state index contributed by atoms with van der Waals surface area (Å²) in [5, 5.41) is 13.7. The molecule has 2 N–H and O–H groups in total. The zero-order valence-corrected chi connectivity index (χ0v) is 19.3. The van der Waals surface area contributed by atoms with E-state index in [2.05, 4.69) is 70.9 Å². The van der Waals surface area contributed by atoms with Gasteiger partial charge in [-0.1, -0.05) is 48.5 Å². The first-order valence-electron chi connectivity index (χ1n) is 12.6. The molecule has 2 aliphatic heterocycles. The predicted octanol–water partition coefficient (Wildman–Crippen LogP) is 5.83. The minimum absolute atomic E-state index is 0.319. The van der Waals surface area contributed by atoms with Crippen LogP contribution in [0.3, 0.4) is 0 Å². The fourth-order valence-electron chi connectivity index (χ4n) is 6.63. The van der Waals surface area contributed by atoms with Gasteiger partial charge in [-0.2, -0.15) is 0 Å². The van der Waals surface area contributed by atoms with E-state index in [-0.39, 0.29) is 0 Å². The van der Waals surface area contributed by atoms with E-state index in [4.69, 9.17) is 0 Å². The van der Waals surface area contributed by atoms with Gasteiger partial charge in [-0.25, -0.2) is 0 Å². The number of nitrogens with zero attached hydrogens (tertiary/aromatic N) is 1. The molecule has 6 rings (SSSR count). The molecule has 1 spiro atoms. The van der Waals surface area contributed by atoms with Crippen LogP contribution in [0.25, 0.3) is 0 Å². The standard InChI is InChI=1S/C30H34N2O/c33-26-11-13-28-24(20-26)8-12-27(22-4-2-1-3-5-22)29(28)23-6-9-25(10-7-23)32-18-15-30(16-19-32)14-17-31-21-30/h1-7,9-11,13,20,27,29,31,33H,8,12,14-19,21H2/t27-,29+/m1/s1. The second-order valence-corrected chi connectivity index (χ2v) is 10.4. The molecule has 2 fully saturated rings. The maximum absolute atomic E-state index is 10.1. The van der Waals surface area contributed by atoms with Gasteiger partial charge in [0.25, 0.3) is 0 Å². The number of nitrogens with one attached hydrogen (secondary N) is 1. The number of benzene rings is 3. The largest absolute Gasteiger partial charge is 0.508 e. The van der Waals surface area contributed by atoms with Gasteiger partial charge in [-0.15, -0.1) is 0 Å². The van der Waals surface area contributed by atoms with Crippen LogP contribution in [-0.4, -0.2) is 31.3 Å². The Kier molecular flexibility index (Phi) is 5.38. The van der Waals surface area contributed by atoms with E-state index >= 15 is 0 Å². The molecule has 2 atom stereocenters. The molecular weight excluding hydrogens is 404 g/mol. The van der Waals surface area contributed by atoms with E-state index in [9.17, 15) is 5.11 Å². The number of hydrogen-bond acceptors (Lipinski definition) is 3. The lowest BCUT2D eigenvalue weighted by atomic mass is 9.69. The highest BCUT2D eigenvalue weighted by atomic mass is 16.3. The lowest BCUT2D eigenvalue weighted by Gasteiger charge is -2.40. The average molecular weight is 439 g/mol. The van der Waals surface area contributed by atoms with E-state index < -0.39 is 0 Å². The Hall–Kier alpha value is -2.78. The van der Waals surface area contributed by atoms with Crippen molar-refractivity contribution < 1.29 is 5.11 Å². The molecule has 0 radical (unpaired) electrons. The number of hydrogen-bond donors (Lipinski definition) is 2. The molecule has 2 heterocycles. The van der Waals surface area contributed by atoms with E-state index in [1.807, 2.05) is 12.1 Å². The summed E-state index contributed by atoms with van der Waals surface area (Å²) in [6.07, 6.45) is 6.07. The van der Waals surface area contributed by atoms with Gasteiger partial charge in [-0.3, -0.25) is 0 Å². The van der Waals surface area contributed by atoms with Gasteiger partial charge in [-0.05, 0) is 96.5 Å². The number of piperidine rings is 1. The normalized spacial score (nSPS) is 24.1. The molecule has 0 aromatic heterocycles. The van der Waals surface area contributed by atoms with Crippen molar-refractivity contribution in [2.24, 2.45) is 5.41 Å². The summed E-state index contributed by atoms with van der Waals surface area (Å²) in [6.45, 7) is 4.73. The molecule has 0 saturated carbocycles. The Morgan fingerprint density at radius 3 is 2.36 bits per heavy atom. The van der Waals surface area contributed by atoms with E-state index in [1.165, 1.54) is 73.4 Å². The summed E-state index contributed by atoms with van der Waals surface area (Å²) >= 11 is 0. The van der Waals surface area contributed by atoms with Gasteiger partial charge in [0.15, 0.2) is 0 Å². The van der Waals surface area contributed by atoms with E-state index in [0.29, 0.717) is 23.0 Å². The van der Waals surface area contributed by atoms with Crippen LogP contribution >= 0.6 is 0 Å². The van der Waals surface area contributed by atoms with Crippen molar-refractivity contribution in [3.05, 3.63) is 95.1 Å². The van der Waals surface area contributed by atoms with Gasteiger partial charge < -0.3 is 15.3 Å². The second-order valence-electron chi connectivity index (χ2n) is 10.4. The molecule has 33 heavy (non-hydrogen) atoms. The number of aryl methyl sites for hydroxylation is 1. The third-order valence-corrected chi connectivity index (χ3v) is 8.59. The summed E-state index contributed by atoms with van der Waals surface area (Å²) in [6, 6.07) is 26.4. The summed E-state index contributed by atoms with van der Waals surface area (Å²) in [7, 11) is 0. The Bertz CT molecular complexity index is 1090. The lowest BCUT2D eigenvalue weighted by molar-refractivity contribution is 0.247. The third kappa shape index (κ3) is 3.93. The first-order valence-corrected chi connectivity index (χ1v) is 12.6. The van der Waals surface area contributed by atoms with Crippen molar-refractivity contribution in [3.8, 4) is 5.75 Å². The summed E-state index contributed by atoms with van der Waals surface area (Å²) in [5.41, 5.74) is 7.37. The fourth-order valence-corrected chi connectivity index (χ4v) is 6.63. The van der Waals surface area contributed by atoms with Gasteiger partial charge in [0, 0.05) is 31.2 Å². The minimum atomic E-state index is 0.319. The Morgan fingerprint density at radius 1 is 0.848 bits per heavy atom. The number of aromatic hydroxyl groups is 1. The van der Waals surface area contributed by atoms with Crippen LogP contribution in [-0.2, 0) is 6.42 Å². The molecule has 0 amide bonds. The third-order valence-electron chi connectivity index (χ3n) is 8.59. The fraction of sp³-hybridized carbons (Fsp3) is 0.400. The summed E-state index contributed by atoms with van der Waals surface area (Å²) in [4.78, 5) is 2.58. The highest BCUT2D eigenvalue weighted by Gasteiger charge is 2.37. The minimum Gasteiger partial charge on any atom is -0.508 e. The second kappa shape index (κ2) is 8.53. The van der Waals surface area contributed by atoms with Crippen LogP contribution in [0, 0.1) is 5.41 Å². The Labute approximate surface area is 197 Å². The van der Waals surface area contributed by atoms with Gasteiger partial charge >= 0.3 is 0 Å². The first-order chi connectivity index (χ1) is 16.2. The van der Waals surface area contributed by atoms with E-state index in [0.717, 1.165) is 12.8 Å². The van der Waals surface area contributed by atoms with Crippen LogP contribution in [0.1, 0.15) is 59.8 Å². The molecule has 3 aliphatic rings. The SMILES string of the molecule is Oc1ccc2c(c1)CC[C@H](c1ccccc1)[C@@H]2c1ccc(N2CCC3(CCNC3)CC2)cc1. The number of fused-ring (bicyclic) bond motifs is 1. The molecule has 3 aromatic rings. The van der Waals surface area contributed by atoms with Crippen molar-refractivity contribution in [1.29, 1.82) is 0 Å². The summed E-state index contributed by atoms with van der Waals surface area (Å²) < 4.78 is 0. The molecule has 3 nitrogen and oxygen atoms in total. The number of anilines is 1. The topological polar surface area (TPSA) is 35.5 Å². The molecule has 2 saturated heterocycles. The molecule has 3 heteroatoms. The lowest BCUT2D eigenvalue weighted by Crippen LogP contribution is -2.41. The van der Waals surface area contributed by atoms with Gasteiger partial charge in [0.05, 0.1) is 0 Å². The Balaban J connectivity index is 1.29. The molecular formula is C30H34N2O. The number of phenolic OH excluding ortho intramolecular Hbond substituents is 1. The molecule has 170 valence electrons. The molecule has 1 aliphatic carbocycles. The van der Waals surface area contributed by atoms with Crippen LogP contribution < -0.4 is 10.2 Å². The highest BCUT2D eigenvalue weighted by molar-refractivity contribution is 5.52. The monoisotopic (exact) mass is 438 g/mol. The molecule has 0 unspecified atom stereocenters. The van der Waals surface area contributed by atoms with Gasteiger partial charge in [0.2, 0.25) is 0 Å². The predicted molar refractivity (Wildman–Crippen MR) is 135 cm³/mol. The van der Waals surface area contributed by atoms with Crippen LogP contribution in [0.2, 0.25) is 0 Å². The zero-order chi connectivity index (χ0) is 22.3. The van der Waals surface area contributed by atoms with Crippen LogP contribution in [0.15, 0.2) is 72.8 Å². The average Bonchev–Trinajstić information content (AvgIpc) is 3.32. The van der Waals surface area contributed by atoms with Crippen molar-refractivity contribution >= 4 is 5.69 Å². The highest BCUT2D eigenvalue weighted by Crippen LogP contribution is 2.47. The van der Waals surface area contributed by atoms with Crippen LogP contribution in [0.4, 0.5) is 5.69 Å². The number of phenols is 1. The molecule has 3 aromatic carbocycles. The van der Waals surface area contributed by atoms with Crippen molar-refractivity contribution in [3.63, 3.8) is 0 Å². The van der Waals surface area contributed by atoms with Crippen molar-refractivity contribution in [2.45, 2.75) is 43.9 Å². The maximum Gasteiger partial charge on any atom is 0.115 e. The maximum atomic E-state index is 10.1. The number of rotatable bonds is 3. The van der Waals surface area contributed by atoms with Crippen molar-refractivity contribution in [2.75, 3.05) is 31.1 Å². The first kappa shape index (κ1) is 20.8. The quantitative estimate of drug-likeness (QED) is 0.540. The van der Waals surface area contributed by atoms with Crippen molar-refractivity contribution in [1.82, 2.24) is 5.32 Å². The van der Waals surface area contributed by atoms with Crippen LogP contribution in [0.5, 0.6) is 5.75 Å². The smallest absolute Gasteiger partial charge is 0.115 e.